The van der Waals surface area contributed by atoms with Gasteiger partial charge in [0.1, 0.15) is 0 Å². The van der Waals surface area contributed by atoms with Gasteiger partial charge in [0.15, 0.2) is 0 Å². The molecule has 0 aromatic rings. The first-order valence-electron chi connectivity index (χ1n) is 3.29. The zero-order chi connectivity index (χ0) is 8.41. The minimum Gasteiger partial charge on any atom is -0.324 e. The maximum absolute atomic E-state index is 10.9. The van der Waals surface area contributed by atoms with Crippen LogP contribution in [-0.4, -0.2) is 16.7 Å². The van der Waals surface area contributed by atoms with Crippen LogP contribution in [0.5, 0.6) is 0 Å². The summed E-state index contributed by atoms with van der Waals surface area (Å²) in [5.41, 5.74) is -0.527. The molecule has 10 heavy (non-hydrogen) atoms. The van der Waals surface area contributed by atoms with Crippen molar-refractivity contribution in [3.63, 3.8) is 0 Å². The molecule has 62 valence electrons. The van der Waals surface area contributed by atoms with Crippen molar-refractivity contribution in [2.45, 2.75) is 33.3 Å². The second-order valence-electron chi connectivity index (χ2n) is 3.16. The first-order valence-corrected chi connectivity index (χ1v) is 5.06. The minimum absolute atomic E-state index is 0.171. The standard InChI is InChI=1S/C6H15O3P/c1-5-10(7,8)9-6(2,3)4/h5H2,1-4H3,(H,7,8). The largest absolute Gasteiger partial charge is 0.328 e. The Hall–Kier alpha value is 0.150. The molecule has 0 fully saturated rings. The van der Waals surface area contributed by atoms with Gasteiger partial charge in [-0.2, -0.15) is 0 Å². The van der Waals surface area contributed by atoms with Crippen molar-refractivity contribution in [3.8, 4) is 0 Å². The number of rotatable bonds is 2. The van der Waals surface area contributed by atoms with E-state index >= 15 is 0 Å². The Bertz CT molecular complexity index is 148. The van der Waals surface area contributed by atoms with Crippen LogP contribution < -0.4 is 0 Å². The van der Waals surface area contributed by atoms with Crippen molar-refractivity contribution in [2.75, 3.05) is 6.16 Å². The zero-order valence-electron chi connectivity index (χ0n) is 6.92. The third kappa shape index (κ3) is 4.98. The molecule has 1 unspecified atom stereocenters. The van der Waals surface area contributed by atoms with Crippen LogP contribution in [0.1, 0.15) is 27.7 Å². The van der Waals surface area contributed by atoms with Crippen molar-refractivity contribution in [3.05, 3.63) is 0 Å². The lowest BCUT2D eigenvalue weighted by Gasteiger charge is -2.22. The molecule has 0 aromatic carbocycles. The van der Waals surface area contributed by atoms with Crippen LogP contribution in [0, 0.1) is 0 Å². The lowest BCUT2D eigenvalue weighted by Crippen LogP contribution is -2.17. The van der Waals surface area contributed by atoms with E-state index in [0.29, 0.717) is 0 Å². The molecule has 4 heteroatoms. The van der Waals surface area contributed by atoms with E-state index in [-0.39, 0.29) is 6.16 Å². The van der Waals surface area contributed by atoms with Gasteiger partial charge in [-0.05, 0) is 20.8 Å². The molecule has 0 spiro atoms. The predicted octanol–water partition coefficient (Wildman–Crippen LogP) is 2.01. The van der Waals surface area contributed by atoms with Crippen molar-refractivity contribution >= 4 is 7.60 Å². The van der Waals surface area contributed by atoms with Gasteiger partial charge >= 0.3 is 7.60 Å². The fourth-order valence-corrected chi connectivity index (χ4v) is 1.48. The van der Waals surface area contributed by atoms with Crippen LogP contribution in [0.3, 0.4) is 0 Å². The number of hydrogen-bond donors (Lipinski definition) is 1. The highest BCUT2D eigenvalue weighted by molar-refractivity contribution is 7.52. The van der Waals surface area contributed by atoms with E-state index in [4.69, 9.17) is 9.42 Å². The normalized spacial score (nSPS) is 18.5. The molecule has 0 bridgehead atoms. The summed E-state index contributed by atoms with van der Waals surface area (Å²) in [5.74, 6) is 0. The van der Waals surface area contributed by atoms with Gasteiger partial charge in [-0.1, -0.05) is 6.92 Å². The van der Waals surface area contributed by atoms with Crippen LogP contribution in [-0.2, 0) is 9.09 Å². The van der Waals surface area contributed by atoms with Gasteiger partial charge in [0.2, 0.25) is 0 Å². The molecular formula is C6H15O3P. The smallest absolute Gasteiger partial charge is 0.324 e. The molecule has 1 atom stereocenters. The van der Waals surface area contributed by atoms with Crippen LogP contribution in [0.15, 0.2) is 0 Å². The highest BCUT2D eigenvalue weighted by Crippen LogP contribution is 2.45. The monoisotopic (exact) mass is 166 g/mol. The van der Waals surface area contributed by atoms with Crippen LogP contribution in [0.2, 0.25) is 0 Å². The Balaban J connectivity index is 4.03. The Morgan fingerprint density at radius 3 is 2.00 bits per heavy atom. The molecule has 0 aliphatic carbocycles. The van der Waals surface area contributed by atoms with Crippen LogP contribution >= 0.6 is 7.60 Å². The molecule has 0 aliphatic heterocycles. The van der Waals surface area contributed by atoms with E-state index in [2.05, 4.69) is 0 Å². The summed E-state index contributed by atoms with van der Waals surface area (Å²) >= 11 is 0. The van der Waals surface area contributed by atoms with Crippen LogP contribution in [0.25, 0.3) is 0 Å². The molecule has 0 saturated heterocycles. The molecule has 0 radical (unpaired) electrons. The zero-order valence-corrected chi connectivity index (χ0v) is 7.81. The van der Waals surface area contributed by atoms with E-state index < -0.39 is 13.2 Å². The molecular weight excluding hydrogens is 151 g/mol. The molecule has 0 aliphatic rings. The Morgan fingerprint density at radius 1 is 1.50 bits per heavy atom. The van der Waals surface area contributed by atoms with Gasteiger partial charge in [-0.25, -0.2) is 0 Å². The Morgan fingerprint density at radius 2 is 1.90 bits per heavy atom. The summed E-state index contributed by atoms with van der Waals surface area (Å²) in [6.45, 7) is 6.90. The molecule has 0 saturated carbocycles. The summed E-state index contributed by atoms with van der Waals surface area (Å²) in [6.07, 6.45) is 0.171. The second kappa shape index (κ2) is 3.04. The average Bonchev–Trinajstić information content (AvgIpc) is 1.60. The van der Waals surface area contributed by atoms with E-state index in [1.165, 1.54) is 0 Å². The molecule has 0 aromatic heterocycles. The Labute approximate surface area is 61.9 Å². The van der Waals surface area contributed by atoms with E-state index in [0.717, 1.165) is 0 Å². The van der Waals surface area contributed by atoms with Gasteiger partial charge in [-0.3, -0.25) is 4.57 Å². The van der Waals surface area contributed by atoms with Crippen molar-refractivity contribution in [1.29, 1.82) is 0 Å². The maximum Gasteiger partial charge on any atom is 0.328 e. The minimum atomic E-state index is -3.29. The van der Waals surface area contributed by atoms with Gasteiger partial charge in [0.25, 0.3) is 0 Å². The van der Waals surface area contributed by atoms with Gasteiger partial charge in [0, 0.05) is 6.16 Å². The highest BCUT2D eigenvalue weighted by Gasteiger charge is 2.24. The molecule has 1 N–H and O–H groups in total. The molecule has 0 amide bonds. The highest BCUT2D eigenvalue weighted by atomic mass is 31.2. The molecule has 3 nitrogen and oxygen atoms in total. The first-order chi connectivity index (χ1) is 4.27. The average molecular weight is 166 g/mol. The van der Waals surface area contributed by atoms with Gasteiger partial charge in [-0.15, -0.1) is 0 Å². The lowest BCUT2D eigenvalue weighted by molar-refractivity contribution is 0.112. The van der Waals surface area contributed by atoms with Crippen molar-refractivity contribution in [2.24, 2.45) is 0 Å². The van der Waals surface area contributed by atoms with E-state index in [9.17, 15) is 4.57 Å². The lowest BCUT2D eigenvalue weighted by atomic mass is 10.2. The van der Waals surface area contributed by atoms with Gasteiger partial charge < -0.3 is 9.42 Å². The first kappa shape index (κ1) is 10.2. The maximum atomic E-state index is 10.9. The quantitative estimate of drug-likeness (QED) is 0.638. The molecule has 0 heterocycles. The van der Waals surface area contributed by atoms with Crippen molar-refractivity contribution < 1.29 is 14.0 Å². The number of hydrogen-bond acceptors (Lipinski definition) is 2. The summed E-state index contributed by atoms with van der Waals surface area (Å²) in [6, 6.07) is 0. The van der Waals surface area contributed by atoms with E-state index in [1.807, 2.05) is 0 Å². The summed E-state index contributed by atoms with van der Waals surface area (Å²) < 4.78 is 15.8. The Kier molecular flexibility index (Phi) is 3.08. The van der Waals surface area contributed by atoms with E-state index in [1.54, 1.807) is 27.7 Å². The fraction of sp³-hybridized carbons (Fsp3) is 1.00. The summed E-state index contributed by atoms with van der Waals surface area (Å²) in [7, 11) is -3.29. The van der Waals surface area contributed by atoms with Crippen molar-refractivity contribution in [1.82, 2.24) is 0 Å². The fourth-order valence-electron chi connectivity index (χ4n) is 0.492. The van der Waals surface area contributed by atoms with Gasteiger partial charge in [0.05, 0.1) is 5.60 Å². The predicted molar refractivity (Wildman–Crippen MR) is 41.2 cm³/mol. The topological polar surface area (TPSA) is 46.5 Å². The molecule has 0 rings (SSSR count). The summed E-state index contributed by atoms with van der Waals surface area (Å²) in [5, 5.41) is 0. The summed E-state index contributed by atoms with van der Waals surface area (Å²) in [4.78, 5) is 8.99. The van der Waals surface area contributed by atoms with Crippen LogP contribution in [0.4, 0.5) is 0 Å². The third-order valence-corrected chi connectivity index (χ3v) is 2.45. The third-order valence-electron chi connectivity index (χ3n) is 0.816. The SMILES string of the molecule is CCP(=O)(O)OC(C)(C)C. The second-order valence-corrected chi connectivity index (χ2v) is 5.25.